The highest BCUT2D eigenvalue weighted by Gasteiger charge is 2.24. The van der Waals surface area contributed by atoms with E-state index in [0.29, 0.717) is 16.3 Å². The minimum atomic E-state index is -0.691. The van der Waals surface area contributed by atoms with Crippen molar-refractivity contribution < 1.29 is 9.72 Å². The Morgan fingerprint density at radius 1 is 1.04 bits per heavy atom. The van der Waals surface area contributed by atoms with Crippen molar-refractivity contribution in [1.82, 2.24) is 20.4 Å². The zero-order valence-electron chi connectivity index (χ0n) is 13.9. The van der Waals surface area contributed by atoms with Gasteiger partial charge in [0.1, 0.15) is 6.33 Å². The summed E-state index contributed by atoms with van der Waals surface area (Å²) in [6.07, 6.45) is 2.57. The summed E-state index contributed by atoms with van der Waals surface area (Å²) in [5.74, 6) is -0.877. The molecule has 3 aromatic rings. The van der Waals surface area contributed by atoms with E-state index in [1.165, 1.54) is 18.3 Å². The molecule has 0 aliphatic heterocycles. The summed E-state index contributed by atoms with van der Waals surface area (Å²) < 4.78 is 0. The zero-order valence-corrected chi connectivity index (χ0v) is 15.4. The second-order valence-corrected chi connectivity index (χ2v) is 6.02. The highest BCUT2D eigenvalue weighted by molar-refractivity contribution is 6.32. The van der Waals surface area contributed by atoms with Gasteiger partial charge in [0.15, 0.2) is 5.15 Å². The van der Waals surface area contributed by atoms with Gasteiger partial charge < -0.3 is 5.32 Å². The van der Waals surface area contributed by atoms with Crippen LogP contribution in [-0.2, 0) is 0 Å². The standard InChI is InChI=1S/C16H11Cl2N7O3/c17-10-5-3-9(4-6-10)16(26)24-23-15-12(25(27)28)14(20-8-21-15)22-11-2-1-7-19-13(11)18/h1-8H,(H,24,26)(H2,20,21,22,23). The van der Waals surface area contributed by atoms with Crippen LogP contribution >= 0.6 is 23.2 Å². The molecule has 0 atom stereocenters. The predicted octanol–water partition coefficient (Wildman–Crippen LogP) is 3.59. The maximum Gasteiger partial charge on any atom is 0.355 e. The number of carbonyl (C=O) groups excluding carboxylic acids is 1. The molecule has 1 aromatic carbocycles. The molecule has 0 saturated heterocycles. The predicted molar refractivity (Wildman–Crippen MR) is 104 cm³/mol. The minimum absolute atomic E-state index is 0.112. The largest absolute Gasteiger partial charge is 0.355 e. The molecule has 0 saturated carbocycles. The summed E-state index contributed by atoms with van der Waals surface area (Å²) in [7, 11) is 0. The summed E-state index contributed by atoms with van der Waals surface area (Å²) in [6, 6.07) is 9.28. The Balaban J connectivity index is 1.83. The number of hydrazine groups is 1. The Kier molecular flexibility index (Phi) is 5.82. The number of rotatable bonds is 6. The highest BCUT2D eigenvalue weighted by Crippen LogP contribution is 2.32. The number of halogens is 2. The zero-order chi connectivity index (χ0) is 20.1. The summed E-state index contributed by atoms with van der Waals surface area (Å²) in [5, 5.41) is 14.9. The van der Waals surface area contributed by atoms with E-state index in [1.54, 1.807) is 24.3 Å². The van der Waals surface area contributed by atoms with Crippen molar-refractivity contribution in [3.05, 3.63) is 74.8 Å². The Hall–Kier alpha value is -3.50. The van der Waals surface area contributed by atoms with Crippen LogP contribution in [0.4, 0.5) is 23.0 Å². The van der Waals surface area contributed by atoms with E-state index in [1.807, 2.05) is 0 Å². The van der Waals surface area contributed by atoms with Crippen molar-refractivity contribution >= 4 is 52.1 Å². The molecule has 0 unspecified atom stereocenters. The van der Waals surface area contributed by atoms with Gasteiger partial charge in [-0.15, -0.1) is 0 Å². The quantitative estimate of drug-likeness (QED) is 0.313. The maximum atomic E-state index is 12.2. The smallest absolute Gasteiger partial charge is 0.332 e. The molecule has 1 amide bonds. The van der Waals surface area contributed by atoms with Crippen LogP contribution < -0.4 is 16.2 Å². The summed E-state index contributed by atoms with van der Waals surface area (Å²) in [4.78, 5) is 34.6. The molecule has 2 aromatic heterocycles. The van der Waals surface area contributed by atoms with Gasteiger partial charge in [-0.1, -0.05) is 23.2 Å². The molecule has 0 radical (unpaired) electrons. The molecule has 0 aliphatic carbocycles. The molecule has 3 N–H and O–H groups in total. The van der Waals surface area contributed by atoms with Crippen LogP contribution in [0.15, 0.2) is 48.9 Å². The van der Waals surface area contributed by atoms with Crippen molar-refractivity contribution in [2.24, 2.45) is 0 Å². The lowest BCUT2D eigenvalue weighted by Crippen LogP contribution is -2.30. The first kappa shape index (κ1) is 19.3. The number of anilines is 3. The Morgan fingerprint density at radius 3 is 2.43 bits per heavy atom. The van der Waals surface area contributed by atoms with Crippen LogP contribution in [0, 0.1) is 10.1 Å². The van der Waals surface area contributed by atoms with Gasteiger partial charge in [-0.05, 0) is 36.4 Å². The number of amides is 1. The van der Waals surface area contributed by atoms with Crippen LogP contribution in [0.1, 0.15) is 10.4 Å². The molecule has 3 rings (SSSR count). The van der Waals surface area contributed by atoms with Crippen molar-refractivity contribution in [1.29, 1.82) is 0 Å². The van der Waals surface area contributed by atoms with Crippen LogP contribution in [0.25, 0.3) is 0 Å². The Bertz CT molecular complexity index is 1030. The van der Waals surface area contributed by atoms with Gasteiger partial charge in [0.25, 0.3) is 5.91 Å². The minimum Gasteiger partial charge on any atom is -0.332 e. The average molecular weight is 420 g/mol. The normalized spacial score (nSPS) is 10.2. The molecule has 0 aliphatic rings. The van der Waals surface area contributed by atoms with Crippen molar-refractivity contribution in [3.63, 3.8) is 0 Å². The lowest BCUT2D eigenvalue weighted by Gasteiger charge is -2.11. The first-order valence-corrected chi connectivity index (χ1v) is 8.40. The molecule has 12 heteroatoms. The van der Waals surface area contributed by atoms with Gasteiger partial charge in [0.05, 0.1) is 10.6 Å². The molecule has 10 nitrogen and oxygen atoms in total. The van der Waals surface area contributed by atoms with E-state index in [2.05, 4.69) is 31.1 Å². The number of pyridine rings is 1. The van der Waals surface area contributed by atoms with E-state index >= 15 is 0 Å². The van der Waals surface area contributed by atoms with Crippen LogP contribution in [0.2, 0.25) is 10.2 Å². The Labute approximate surface area is 168 Å². The second-order valence-electron chi connectivity index (χ2n) is 5.23. The fourth-order valence-electron chi connectivity index (χ4n) is 2.13. The third-order valence-corrected chi connectivity index (χ3v) is 3.97. The molecular formula is C16H11Cl2N7O3. The number of hydrogen-bond donors (Lipinski definition) is 3. The SMILES string of the molecule is O=C(NNc1ncnc(Nc2cccnc2Cl)c1[N+](=O)[O-])c1ccc(Cl)cc1. The van der Waals surface area contributed by atoms with Gasteiger partial charge in [0, 0.05) is 16.8 Å². The van der Waals surface area contributed by atoms with Gasteiger partial charge in [-0.3, -0.25) is 25.8 Å². The van der Waals surface area contributed by atoms with E-state index in [0.717, 1.165) is 6.33 Å². The topological polar surface area (TPSA) is 135 Å². The van der Waals surface area contributed by atoms with Crippen molar-refractivity contribution in [3.8, 4) is 0 Å². The Morgan fingerprint density at radius 2 is 1.75 bits per heavy atom. The average Bonchev–Trinajstić information content (AvgIpc) is 2.68. The first-order valence-electron chi connectivity index (χ1n) is 7.64. The number of benzene rings is 1. The van der Waals surface area contributed by atoms with Crippen LogP contribution in [0.3, 0.4) is 0 Å². The van der Waals surface area contributed by atoms with Gasteiger partial charge in [0.2, 0.25) is 11.6 Å². The van der Waals surface area contributed by atoms with Crippen molar-refractivity contribution in [2.75, 3.05) is 10.7 Å². The van der Waals surface area contributed by atoms with Crippen molar-refractivity contribution in [2.45, 2.75) is 0 Å². The highest BCUT2D eigenvalue weighted by atomic mass is 35.5. The number of aromatic nitrogens is 3. The van der Waals surface area contributed by atoms with E-state index in [-0.39, 0.29) is 16.8 Å². The second kappa shape index (κ2) is 8.46. The number of hydrogen-bond acceptors (Lipinski definition) is 8. The van der Waals surface area contributed by atoms with Gasteiger partial charge in [-0.2, -0.15) is 0 Å². The summed E-state index contributed by atoms with van der Waals surface area (Å²) >= 11 is 11.7. The number of nitrogens with one attached hydrogen (secondary N) is 3. The molecule has 28 heavy (non-hydrogen) atoms. The maximum absolute atomic E-state index is 12.2. The van der Waals surface area contributed by atoms with Gasteiger partial charge in [-0.25, -0.2) is 15.0 Å². The number of nitrogens with zero attached hydrogens (tertiary/aromatic N) is 4. The summed E-state index contributed by atoms with van der Waals surface area (Å²) in [6.45, 7) is 0. The molecule has 0 fully saturated rings. The molecule has 2 heterocycles. The summed E-state index contributed by atoms with van der Waals surface area (Å²) in [5.41, 5.74) is 4.91. The molecule has 0 spiro atoms. The fraction of sp³-hybridized carbons (Fsp3) is 0. The molecule has 142 valence electrons. The first-order chi connectivity index (χ1) is 13.5. The fourth-order valence-corrected chi connectivity index (χ4v) is 2.42. The van der Waals surface area contributed by atoms with E-state index in [4.69, 9.17) is 23.2 Å². The lowest BCUT2D eigenvalue weighted by atomic mass is 10.2. The lowest BCUT2D eigenvalue weighted by molar-refractivity contribution is -0.383. The number of nitro groups is 1. The van der Waals surface area contributed by atoms with E-state index < -0.39 is 16.5 Å². The van der Waals surface area contributed by atoms with E-state index in [9.17, 15) is 14.9 Å². The van der Waals surface area contributed by atoms with Gasteiger partial charge >= 0.3 is 5.69 Å². The monoisotopic (exact) mass is 419 g/mol. The molecule has 0 bridgehead atoms. The van der Waals surface area contributed by atoms with Crippen LogP contribution in [0.5, 0.6) is 0 Å². The third-order valence-electron chi connectivity index (χ3n) is 3.42. The van der Waals surface area contributed by atoms with Crippen LogP contribution in [-0.4, -0.2) is 25.8 Å². The number of carbonyl (C=O) groups is 1. The third kappa shape index (κ3) is 4.42. The molecular weight excluding hydrogens is 409 g/mol.